The van der Waals surface area contributed by atoms with Gasteiger partial charge in [-0.15, -0.1) is 0 Å². The van der Waals surface area contributed by atoms with Crippen molar-refractivity contribution in [3.8, 4) is 0 Å². The predicted molar refractivity (Wildman–Crippen MR) is 72.1 cm³/mol. The molecule has 0 radical (unpaired) electrons. The highest BCUT2D eigenvalue weighted by molar-refractivity contribution is 6.04. The summed E-state index contributed by atoms with van der Waals surface area (Å²) in [6, 6.07) is 2.30. The van der Waals surface area contributed by atoms with Crippen molar-refractivity contribution in [1.29, 1.82) is 0 Å². The molecule has 0 spiro atoms. The molecule has 2 heterocycles. The molecule has 0 fully saturated rings. The van der Waals surface area contributed by atoms with Gasteiger partial charge in [-0.1, -0.05) is 0 Å². The number of hydrogen-bond donors (Lipinski definition) is 2. The Bertz CT molecular complexity index is 783. The quantitative estimate of drug-likeness (QED) is 0.899. The molecule has 0 atom stereocenters. The Balaban J connectivity index is 2.39. The first kappa shape index (κ1) is 16.5. The van der Waals surface area contributed by atoms with Crippen LogP contribution in [-0.2, 0) is 13.2 Å². The lowest BCUT2D eigenvalue weighted by atomic mass is 10.1. The molecular weight excluding hydrogens is 317 g/mol. The minimum Gasteiger partial charge on any atom is -0.477 e. The first-order valence-corrected chi connectivity index (χ1v) is 6.22. The molecule has 0 aliphatic heterocycles. The third-order valence-corrected chi connectivity index (χ3v) is 2.96. The van der Waals surface area contributed by atoms with Gasteiger partial charge >= 0.3 is 12.1 Å². The van der Waals surface area contributed by atoms with E-state index in [1.165, 1.54) is 13.1 Å². The number of pyridine rings is 1. The van der Waals surface area contributed by atoms with Crippen LogP contribution in [0.3, 0.4) is 0 Å². The molecule has 0 aliphatic carbocycles. The Morgan fingerprint density at radius 1 is 1.35 bits per heavy atom. The second-order valence-electron chi connectivity index (χ2n) is 4.62. The molecule has 0 bridgehead atoms. The Morgan fingerprint density at radius 3 is 2.57 bits per heavy atom. The summed E-state index contributed by atoms with van der Waals surface area (Å²) in [5, 5.41) is 14.7. The number of carbonyl (C=O) groups is 2. The average molecular weight is 328 g/mol. The van der Waals surface area contributed by atoms with E-state index >= 15 is 0 Å². The maximum absolute atomic E-state index is 13.1. The van der Waals surface area contributed by atoms with Gasteiger partial charge in [0.05, 0.1) is 5.69 Å². The second kappa shape index (κ2) is 5.71. The van der Waals surface area contributed by atoms with Gasteiger partial charge in [-0.2, -0.15) is 18.3 Å². The van der Waals surface area contributed by atoms with Crippen molar-refractivity contribution in [3.63, 3.8) is 0 Å². The lowest BCUT2D eigenvalue weighted by molar-refractivity contribution is -0.138. The Hall–Kier alpha value is -2.91. The van der Waals surface area contributed by atoms with Gasteiger partial charge in [0.2, 0.25) is 0 Å². The number of aryl methyl sites for hydroxylation is 2. The second-order valence-corrected chi connectivity index (χ2v) is 4.62. The Labute approximate surface area is 127 Å². The highest BCUT2D eigenvalue weighted by Gasteiger charge is 2.40. The van der Waals surface area contributed by atoms with Gasteiger partial charge < -0.3 is 10.4 Å². The SMILES string of the molecule is Cc1nn(C)c(C(=O)Nc2ccnc(C(=O)O)c2)c1C(F)(F)F. The van der Waals surface area contributed by atoms with Crippen molar-refractivity contribution in [2.75, 3.05) is 5.32 Å². The molecule has 1 amide bonds. The van der Waals surface area contributed by atoms with Crippen molar-refractivity contribution in [3.05, 3.63) is 41.0 Å². The molecule has 10 heteroatoms. The van der Waals surface area contributed by atoms with Gasteiger partial charge in [0.15, 0.2) is 0 Å². The molecule has 2 aromatic heterocycles. The van der Waals surface area contributed by atoms with Crippen LogP contribution in [0.4, 0.5) is 18.9 Å². The number of hydrogen-bond acceptors (Lipinski definition) is 4. The molecule has 23 heavy (non-hydrogen) atoms. The lowest BCUT2D eigenvalue weighted by Gasteiger charge is -2.10. The van der Waals surface area contributed by atoms with Crippen molar-refractivity contribution in [1.82, 2.24) is 14.8 Å². The summed E-state index contributed by atoms with van der Waals surface area (Å²) in [7, 11) is 1.21. The summed E-state index contributed by atoms with van der Waals surface area (Å²) >= 11 is 0. The molecule has 2 aromatic rings. The largest absolute Gasteiger partial charge is 0.477 e. The van der Waals surface area contributed by atoms with E-state index in [2.05, 4.69) is 15.4 Å². The van der Waals surface area contributed by atoms with Gasteiger partial charge in [-0.3, -0.25) is 9.48 Å². The number of carboxylic acids is 1. The van der Waals surface area contributed by atoms with Crippen molar-refractivity contribution in [2.24, 2.45) is 7.05 Å². The molecule has 2 N–H and O–H groups in total. The normalized spacial score (nSPS) is 11.3. The number of nitrogens with zero attached hydrogens (tertiary/aromatic N) is 3. The van der Waals surface area contributed by atoms with E-state index < -0.39 is 29.3 Å². The highest BCUT2D eigenvalue weighted by atomic mass is 19.4. The van der Waals surface area contributed by atoms with Crippen LogP contribution < -0.4 is 5.32 Å². The molecule has 0 unspecified atom stereocenters. The number of alkyl halides is 3. The zero-order valence-corrected chi connectivity index (χ0v) is 12.0. The van der Waals surface area contributed by atoms with E-state index in [1.807, 2.05) is 0 Å². The summed E-state index contributed by atoms with van der Waals surface area (Å²) in [4.78, 5) is 26.5. The standard InChI is InChI=1S/C13H11F3N4O3/c1-6-9(13(14,15)16)10(20(2)19-6)11(21)18-7-3-4-17-8(5-7)12(22)23/h3-5H,1-2H3,(H,22,23)(H,17,18,21). The van der Waals surface area contributed by atoms with E-state index in [9.17, 15) is 22.8 Å². The zero-order valence-electron chi connectivity index (χ0n) is 12.0. The summed E-state index contributed by atoms with van der Waals surface area (Å²) in [6.07, 6.45) is -3.62. The van der Waals surface area contributed by atoms with Crippen LogP contribution in [0, 0.1) is 6.92 Å². The van der Waals surface area contributed by atoms with Gasteiger partial charge in [-0.25, -0.2) is 9.78 Å². The van der Waals surface area contributed by atoms with Gasteiger partial charge in [0.25, 0.3) is 5.91 Å². The fraction of sp³-hybridized carbons (Fsp3) is 0.231. The van der Waals surface area contributed by atoms with E-state index in [4.69, 9.17) is 5.11 Å². The van der Waals surface area contributed by atoms with E-state index in [-0.39, 0.29) is 17.1 Å². The molecule has 7 nitrogen and oxygen atoms in total. The topological polar surface area (TPSA) is 97.1 Å². The van der Waals surface area contributed by atoms with Crippen LogP contribution >= 0.6 is 0 Å². The number of nitrogens with one attached hydrogen (secondary N) is 1. The Kier molecular flexibility index (Phi) is 4.08. The number of aromatic carboxylic acids is 1. The van der Waals surface area contributed by atoms with Gasteiger partial charge in [-0.05, 0) is 19.1 Å². The summed E-state index contributed by atoms with van der Waals surface area (Å²) in [5.74, 6) is -2.38. The van der Waals surface area contributed by atoms with Crippen molar-refractivity contribution < 1.29 is 27.9 Å². The third kappa shape index (κ3) is 3.30. The molecule has 0 aliphatic rings. The first-order chi connectivity index (χ1) is 10.6. The number of anilines is 1. The molecule has 0 aromatic carbocycles. The molecule has 0 saturated carbocycles. The van der Waals surface area contributed by atoms with E-state index in [0.29, 0.717) is 0 Å². The average Bonchev–Trinajstić information content (AvgIpc) is 2.73. The van der Waals surface area contributed by atoms with Crippen molar-refractivity contribution >= 4 is 17.6 Å². The van der Waals surface area contributed by atoms with Crippen LogP contribution in [0.25, 0.3) is 0 Å². The fourth-order valence-electron chi connectivity index (χ4n) is 2.07. The van der Waals surface area contributed by atoms with Crippen LogP contribution in [0.2, 0.25) is 0 Å². The van der Waals surface area contributed by atoms with Crippen LogP contribution in [0.1, 0.15) is 32.2 Å². The van der Waals surface area contributed by atoms with E-state index in [1.54, 1.807) is 0 Å². The predicted octanol–water partition coefficient (Wildman–Crippen LogP) is 2.09. The van der Waals surface area contributed by atoms with Crippen LogP contribution in [0.15, 0.2) is 18.3 Å². The molecular formula is C13H11F3N4O3. The summed E-state index contributed by atoms with van der Waals surface area (Å²) in [6.45, 7) is 1.15. The smallest absolute Gasteiger partial charge is 0.420 e. The molecule has 0 saturated heterocycles. The third-order valence-electron chi connectivity index (χ3n) is 2.96. The van der Waals surface area contributed by atoms with Gasteiger partial charge in [0, 0.05) is 18.9 Å². The van der Waals surface area contributed by atoms with Crippen LogP contribution in [0.5, 0.6) is 0 Å². The number of carbonyl (C=O) groups excluding carboxylic acids is 1. The summed E-state index contributed by atoms with van der Waals surface area (Å²) < 4.78 is 40.0. The highest BCUT2D eigenvalue weighted by Crippen LogP contribution is 2.34. The summed E-state index contributed by atoms with van der Waals surface area (Å²) in [5.41, 5.74) is -2.46. The maximum Gasteiger partial charge on any atom is 0.420 e. The lowest BCUT2D eigenvalue weighted by Crippen LogP contribution is -2.21. The van der Waals surface area contributed by atoms with Crippen molar-refractivity contribution in [2.45, 2.75) is 13.1 Å². The molecule has 122 valence electrons. The minimum absolute atomic E-state index is 0.00868. The minimum atomic E-state index is -4.74. The van der Waals surface area contributed by atoms with E-state index in [0.717, 1.165) is 23.9 Å². The first-order valence-electron chi connectivity index (χ1n) is 6.22. The Morgan fingerprint density at radius 2 is 2.00 bits per heavy atom. The zero-order chi connectivity index (χ0) is 17.4. The number of rotatable bonds is 3. The molecule has 2 rings (SSSR count). The van der Waals surface area contributed by atoms with Gasteiger partial charge in [0.1, 0.15) is 17.0 Å². The number of carboxylic acid groups (broad SMARTS) is 1. The maximum atomic E-state index is 13.1. The number of halogens is 3. The fourth-order valence-corrected chi connectivity index (χ4v) is 2.07. The number of aromatic nitrogens is 3. The van der Waals surface area contributed by atoms with Crippen LogP contribution in [-0.4, -0.2) is 31.7 Å². The monoisotopic (exact) mass is 328 g/mol. The number of amides is 1.